The van der Waals surface area contributed by atoms with Crippen molar-refractivity contribution in [2.45, 2.75) is 19.5 Å². The average molecular weight is 203 g/mol. The van der Waals surface area contributed by atoms with Crippen LogP contribution in [-0.4, -0.2) is 22.9 Å². The van der Waals surface area contributed by atoms with Gasteiger partial charge in [-0.05, 0) is 12.5 Å². The summed E-state index contributed by atoms with van der Waals surface area (Å²) in [7, 11) is 0. The lowest BCUT2D eigenvalue weighted by molar-refractivity contribution is -0.121. The molecule has 1 saturated heterocycles. The van der Waals surface area contributed by atoms with Gasteiger partial charge in [-0.2, -0.15) is 5.32 Å². The van der Waals surface area contributed by atoms with Crippen LogP contribution >= 0.6 is 0 Å². The van der Waals surface area contributed by atoms with Crippen molar-refractivity contribution in [1.82, 2.24) is 10.2 Å². The summed E-state index contributed by atoms with van der Waals surface area (Å²) in [6.07, 6.45) is 0. The van der Waals surface area contributed by atoms with Crippen molar-refractivity contribution in [3.63, 3.8) is 0 Å². The third kappa shape index (κ3) is 1.83. The fourth-order valence-corrected chi connectivity index (χ4v) is 1.54. The van der Waals surface area contributed by atoms with Gasteiger partial charge in [0.1, 0.15) is 6.04 Å². The van der Waals surface area contributed by atoms with Crippen LogP contribution < -0.4 is 5.32 Å². The lowest BCUT2D eigenvalue weighted by atomic mass is 10.2. The van der Waals surface area contributed by atoms with Crippen molar-refractivity contribution in [2.75, 3.05) is 0 Å². The van der Waals surface area contributed by atoms with Gasteiger partial charge in [0.2, 0.25) is 0 Å². The van der Waals surface area contributed by atoms with E-state index in [1.807, 2.05) is 30.3 Å². The molecule has 1 aromatic carbocycles. The van der Waals surface area contributed by atoms with Crippen LogP contribution in [0.15, 0.2) is 30.3 Å². The first-order chi connectivity index (χ1) is 7.18. The van der Waals surface area contributed by atoms with Gasteiger partial charge in [-0.3, -0.25) is 4.79 Å². The van der Waals surface area contributed by atoms with E-state index in [2.05, 4.69) is 5.32 Å². The van der Waals surface area contributed by atoms with E-state index in [9.17, 15) is 9.59 Å². The standard InChI is InChI=1S/C11H11N2O2/c1-8-10(14)12-11(15)13(8)7-9-5-3-2-4-6-9/h2-6,8H,7H2,1H3. The molecule has 0 saturated carbocycles. The highest BCUT2D eigenvalue weighted by Crippen LogP contribution is 2.13. The maximum absolute atomic E-state index is 11.3. The van der Waals surface area contributed by atoms with E-state index in [-0.39, 0.29) is 5.91 Å². The van der Waals surface area contributed by atoms with E-state index in [0.717, 1.165) is 5.56 Å². The number of hydrogen-bond donors (Lipinski definition) is 0. The number of imide groups is 1. The Balaban J connectivity index is 2.13. The Morgan fingerprint density at radius 3 is 2.47 bits per heavy atom. The molecule has 3 amide bonds. The van der Waals surface area contributed by atoms with Crippen molar-refractivity contribution in [2.24, 2.45) is 0 Å². The minimum Gasteiger partial charge on any atom is -0.307 e. The molecule has 15 heavy (non-hydrogen) atoms. The van der Waals surface area contributed by atoms with Crippen molar-refractivity contribution >= 4 is 11.9 Å². The van der Waals surface area contributed by atoms with Gasteiger partial charge in [-0.1, -0.05) is 30.3 Å². The summed E-state index contributed by atoms with van der Waals surface area (Å²) in [6.45, 7) is 2.13. The van der Waals surface area contributed by atoms with Gasteiger partial charge in [-0.15, -0.1) is 0 Å². The molecule has 1 aliphatic rings. The number of benzene rings is 1. The molecule has 1 radical (unpaired) electrons. The molecule has 0 N–H and O–H groups in total. The minimum absolute atomic E-state index is 0.351. The number of carbonyl (C=O) groups excluding carboxylic acids is 2. The van der Waals surface area contributed by atoms with Crippen LogP contribution in [0.4, 0.5) is 4.79 Å². The lowest BCUT2D eigenvalue weighted by Gasteiger charge is -2.17. The number of nitrogens with zero attached hydrogens (tertiary/aromatic N) is 2. The Morgan fingerprint density at radius 2 is 1.93 bits per heavy atom. The van der Waals surface area contributed by atoms with Gasteiger partial charge in [0.15, 0.2) is 0 Å². The molecule has 4 heteroatoms. The Bertz CT molecular complexity index is 389. The van der Waals surface area contributed by atoms with Crippen LogP contribution in [0, 0.1) is 0 Å². The Morgan fingerprint density at radius 1 is 1.27 bits per heavy atom. The fraction of sp³-hybridized carbons (Fsp3) is 0.273. The molecule has 2 rings (SSSR count). The smallest absolute Gasteiger partial charge is 0.307 e. The van der Waals surface area contributed by atoms with Crippen molar-refractivity contribution in [1.29, 1.82) is 0 Å². The second kappa shape index (κ2) is 3.73. The van der Waals surface area contributed by atoms with Crippen LogP contribution in [-0.2, 0) is 11.3 Å². The number of urea groups is 1. The molecular weight excluding hydrogens is 192 g/mol. The number of rotatable bonds is 2. The number of hydrogen-bond acceptors (Lipinski definition) is 2. The Hall–Kier alpha value is -1.84. The molecule has 1 fully saturated rings. The normalized spacial score (nSPS) is 20.6. The van der Waals surface area contributed by atoms with Crippen molar-refractivity contribution in [3.05, 3.63) is 35.9 Å². The first-order valence-corrected chi connectivity index (χ1v) is 4.78. The van der Waals surface area contributed by atoms with Gasteiger partial charge >= 0.3 is 6.03 Å². The maximum atomic E-state index is 11.3. The summed E-state index contributed by atoms with van der Waals surface area (Å²) in [6, 6.07) is 8.69. The highest BCUT2D eigenvalue weighted by atomic mass is 16.2. The van der Waals surface area contributed by atoms with E-state index in [1.165, 1.54) is 4.90 Å². The van der Waals surface area contributed by atoms with Crippen LogP contribution in [0.25, 0.3) is 0 Å². The molecular formula is C11H11N2O2. The SMILES string of the molecule is CC1C(=O)[N]C(=O)N1Cc1ccccc1. The van der Waals surface area contributed by atoms with Gasteiger partial charge in [0.05, 0.1) is 0 Å². The van der Waals surface area contributed by atoms with Crippen LogP contribution in [0.3, 0.4) is 0 Å². The molecule has 1 aliphatic heterocycles. The Kier molecular flexibility index (Phi) is 2.41. The molecule has 0 aliphatic carbocycles. The molecule has 0 aromatic heterocycles. The molecule has 4 nitrogen and oxygen atoms in total. The van der Waals surface area contributed by atoms with Gasteiger partial charge in [0, 0.05) is 6.54 Å². The van der Waals surface area contributed by atoms with Crippen molar-refractivity contribution in [3.8, 4) is 0 Å². The molecule has 1 heterocycles. The average Bonchev–Trinajstić information content (AvgIpc) is 2.47. The second-order valence-electron chi connectivity index (χ2n) is 3.52. The molecule has 1 atom stereocenters. The highest BCUT2D eigenvalue weighted by Gasteiger charge is 2.36. The first kappa shape index (κ1) is 9.71. The first-order valence-electron chi connectivity index (χ1n) is 4.78. The number of amides is 3. The summed E-state index contributed by atoms with van der Waals surface area (Å²) in [5.41, 5.74) is 1.00. The van der Waals surface area contributed by atoms with E-state index in [1.54, 1.807) is 6.92 Å². The summed E-state index contributed by atoms with van der Waals surface area (Å²) >= 11 is 0. The van der Waals surface area contributed by atoms with E-state index in [4.69, 9.17) is 0 Å². The Labute approximate surface area is 87.9 Å². The molecule has 77 valence electrons. The number of carbonyl (C=O) groups is 2. The summed E-state index contributed by atoms with van der Waals surface area (Å²) < 4.78 is 0. The van der Waals surface area contributed by atoms with Gasteiger partial charge in [0.25, 0.3) is 5.91 Å². The van der Waals surface area contributed by atoms with E-state index in [0.29, 0.717) is 6.54 Å². The largest absolute Gasteiger partial charge is 0.347 e. The van der Waals surface area contributed by atoms with Gasteiger partial charge < -0.3 is 4.90 Å². The summed E-state index contributed by atoms with van der Waals surface area (Å²) in [5.74, 6) is -0.351. The van der Waals surface area contributed by atoms with E-state index < -0.39 is 12.1 Å². The van der Waals surface area contributed by atoms with E-state index >= 15 is 0 Å². The highest BCUT2D eigenvalue weighted by molar-refractivity contribution is 6.03. The quantitative estimate of drug-likeness (QED) is 0.677. The van der Waals surface area contributed by atoms with Crippen molar-refractivity contribution < 1.29 is 9.59 Å². The topological polar surface area (TPSA) is 51.5 Å². The van der Waals surface area contributed by atoms with Crippen LogP contribution in [0.1, 0.15) is 12.5 Å². The zero-order valence-electron chi connectivity index (χ0n) is 8.38. The predicted octanol–water partition coefficient (Wildman–Crippen LogP) is 1.14. The van der Waals surface area contributed by atoms with Crippen LogP contribution in [0.2, 0.25) is 0 Å². The molecule has 0 bridgehead atoms. The lowest BCUT2D eigenvalue weighted by Crippen LogP contribution is -2.31. The third-order valence-corrected chi connectivity index (χ3v) is 2.47. The van der Waals surface area contributed by atoms with Crippen LogP contribution in [0.5, 0.6) is 0 Å². The predicted molar refractivity (Wildman–Crippen MR) is 54.0 cm³/mol. The second-order valence-corrected chi connectivity index (χ2v) is 3.52. The molecule has 0 spiro atoms. The zero-order valence-corrected chi connectivity index (χ0v) is 8.38. The molecule has 1 unspecified atom stereocenters. The minimum atomic E-state index is -0.434. The summed E-state index contributed by atoms with van der Waals surface area (Å²) in [4.78, 5) is 24.0. The zero-order chi connectivity index (χ0) is 10.8. The maximum Gasteiger partial charge on any atom is 0.347 e. The fourth-order valence-electron chi connectivity index (χ4n) is 1.54. The molecule has 1 aromatic rings. The van der Waals surface area contributed by atoms with Gasteiger partial charge in [-0.25, -0.2) is 4.79 Å². The third-order valence-electron chi connectivity index (χ3n) is 2.47. The summed E-state index contributed by atoms with van der Waals surface area (Å²) in [5, 5.41) is 3.40. The monoisotopic (exact) mass is 203 g/mol.